The lowest BCUT2D eigenvalue weighted by Gasteiger charge is -2.32. The topological polar surface area (TPSA) is 44.0 Å². The molecule has 4 heteroatoms. The monoisotopic (exact) mass is 362 g/mol. The van der Waals surface area contributed by atoms with E-state index in [0.717, 1.165) is 29.4 Å². The van der Waals surface area contributed by atoms with E-state index in [1.807, 2.05) is 18.2 Å². The van der Waals surface area contributed by atoms with Crippen molar-refractivity contribution >= 4 is 17.0 Å². The van der Waals surface area contributed by atoms with Crippen LogP contribution < -0.4 is 5.32 Å². The Kier molecular flexibility index (Phi) is 6.05. The summed E-state index contributed by atoms with van der Waals surface area (Å²) in [5.74, 6) is 1.65. The zero-order valence-electron chi connectivity index (χ0n) is 16.0. The van der Waals surface area contributed by atoms with Gasteiger partial charge < -0.3 is 15.2 Å². The maximum Gasteiger partial charge on any atom is 0.201 e. The Morgan fingerprint density at radius 3 is 2.56 bits per heavy atom. The fourth-order valence-corrected chi connectivity index (χ4v) is 4.00. The van der Waals surface area contributed by atoms with Gasteiger partial charge in [-0.1, -0.05) is 42.5 Å². The molecule has 0 saturated carbocycles. The van der Waals surface area contributed by atoms with Gasteiger partial charge in [-0.2, -0.15) is 0 Å². The van der Waals surface area contributed by atoms with Crippen LogP contribution in [0.5, 0.6) is 0 Å². The van der Waals surface area contributed by atoms with Crippen LogP contribution in [0.25, 0.3) is 11.0 Å². The van der Waals surface area contributed by atoms with Gasteiger partial charge in [0, 0.05) is 6.54 Å². The molecule has 1 aromatic heterocycles. The highest BCUT2D eigenvalue weighted by atomic mass is 15.1. The number of imidazole rings is 1. The first-order chi connectivity index (χ1) is 13.4. The van der Waals surface area contributed by atoms with E-state index in [2.05, 4.69) is 56.6 Å². The summed E-state index contributed by atoms with van der Waals surface area (Å²) in [6.07, 6.45) is 6.37. The average Bonchev–Trinajstić information content (AvgIpc) is 3.14. The predicted molar refractivity (Wildman–Crippen MR) is 113 cm³/mol. The first-order valence-electron chi connectivity index (χ1n) is 10.3. The van der Waals surface area contributed by atoms with E-state index in [1.165, 1.54) is 57.3 Å². The smallest absolute Gasteiger partial charge is 0.201 e. The molecule has 2 aromatic carbocycles. The molecule has 2 heterocycles. The molecule has 142 valence electrons. The third kappa shape index (κ3) is 5.10. The van der Waals surface area contributed by atoms with Gasteiger partial charge in [-0.05, 0) is 75.4 Å². The van der Waals surface area contributed by atoms with Gasteiger partial charge in [0.05, 0.1) is 11.0 Å². The number of unbranched alkanes of at least 4 members (excludes halogenated alkanes) is 1. The van der Waals surface area contributed by atoms with Crippen LogP contribution in [0.3, 0.4) is 0 Å². The molecule has 1 aliphatic rings. The van der Waals surface area contributed by atoms with Gasteiger partial charge in [0.15, 0.2) is 0 Å². The number of benzene rings is 2. The third-order valence-electron chi connectivity index (χ3n) is 5.69. The number of hydrogen-bond acceptors (Lipinski definition) is 3. The summed E-state index contributed by atoms with van der Waals surface area (Å²) in [5, 5.41) is 3.50. The summed E-state index contributed by atoms with van der Waals surface area (Å²) in [7, 11) is 0. The number of fused-ring (bicyclic) bond motifs is 1. The molecular weight excluding hydrogens is 332 g/mol. The van der Waals surface area contributed by atoms with Crippen molar-refractivity contribution < 1.29 is 0 Å². The molecule has 0 spiro atoms. The number of anilines is 1. The van der Waals surface area contributed by atoms with Gasteiger partial charge in [-0.15, -0.1) is 0 Å². The minimum absolute atomic E-state index is 0.749. The molecule has 0 amide bonds. The molecule has 4 rings (SSSR count). The Labute approximate surface area is 162 Å². The van der Waals surface area contributed by atoms with E-state index in [-0.39, 0.29) is 0 Å². The van der Waals surface area contributed by atoms with Crippen molar-refractivity contribution in [1.82, 2.24) is 14.9 Å². The lowest BCUT2D eigenvalue weighted by molar-refractivity contribution is 0.186. The SMILES string of the molecule is c1ccc(CCCCN2CCC(CNc3nc4ccccc4[nH]3)CC2)cc1. The predicted octanol–water partition coefficient (Wildman–Crippen LogP) is 4.71. The van der Waals surface area contributed by atoms with Gasteiger partial charge >= 0.3 is 0 Å². The maximum absolute atomic E-state index is 4.61. The number of hydrogen-bond donors (Lipinski definition) is 2. The van der Waals surface area contributed by atoms with Crippen molar-refractivity contribution in [3.8, 4) is 0 Å². The molecular formula is C23H30N4. The number of likely N-dealkylation sites (tertiary alicyclic amines) is 1. The zero-order valence-corrected chi connectivity index (χ0v) is 16.0. The van der Waals surface area contributed by atoms with E-state index < -0.39 is 0 Å². The van der Waals surface area contributed by atoms with Crippen LogP contribution in [-0.2, 0) is 6.42 Å². The number of H-pyrrole nitrogens is 1. The molecule has 3 aromatic rings. The molecule has 0 radical (unpaired) electrons. The highest BCUT2D eigenvalue weighted by molar-refractivity contribution is 5.77. The molecule has 2 N–H and O–H groups in total. The van der Waals surface area contributed by atoms with Crippen molar-refractivity contribution in [3.63, 3.8) is 0 Å². The summed E-state index contributed by atoms with van der Waals surface area (Å²) in [6.45, 7) is 4.73. The molecule has 27 heavy (non-hydrogen) atoms. The number of nitrogens with one attached hydrogen (secondary N) is 2. The summed E-state index contributed by atoms with van der Waals surface area (Å²) in [6, 6.07) is 19.0. The van der Waals surface area contributed by atoms with E-state index in [4.69, 9.17) is 0 Å². The second kappa shape index (κ2) is 9.05. The minimum Gasteiger partial charge on any atom is -0.356 e. The molecule has 4 nitrogen and oxygen atoms in total. The number of rotatable bonds is 8. The lowest BCUT2D eigenvalue weighted by atomic mass is 9.96. The zero-order chi connectivity index (χ0) is 18.3. The van der Waals surface area contributed by atoms with Gasteiger partial charge in [-0.3, -0.25) is 0 Å². The molecule has 0 unspecified atom stereocenters. The van der Waals surface area contributed by atoms with Crippen molar-refractivity contribution in [2.75, 3.05) is 31.5 Å². The molecule has 0 aliphatic carbocycles. The Bertz CT molecular complexity index is 786. The van der Waals surface area contributed by atoms with Gasteiger partial charge in [0.25, 0.3) is 0 Å². The molecule has 0 bridgehead atoms. The van der Waals surface area contributed by atoms with Gasteiger partial charge in [0.1, 0.15) is 0 Å². The summed E-state index contributed by atoms with van der Waals surface area (Å²) in [5.41, 5.74) is 3.60. The first-order valence-corrected chi connectivity index (χ1v) is 10.3. The van der Waals surface area contributed by atoms with Crippen LogP contribution >= 0.6 is 0 Å². The number of aromatic nitrogens is 2. The largest absolute Gasteiger partial charge is 0.356 e. The Hall–Kier alpha value is -2.33. The number of nitrogens with zero attached hydrogens (tertiary/aromatic N) is 2. The maximum atomic E-state index is 4.61. The number of aryl methyl sites for hydroxylation is 1. The molecule has 0 atom stereocenters. The molecule has 1 fully saturated rings. The van der Waals surface area contributed by atoms with Crippen LogP contribution in [-0.4, -0.2) is 41.0 Å². The fourth-order valence-electron chi connectivity index (χ4n) is 4.00. The van der Waals surface area contributed by atoms with Crippen molar-refractivity contribution in [3.05, 3.63) is 60.2 Å². The van der Waals surface area contributed by atoms with E-state index in [1.54, 1.807) is 0 Å². The summed E-state index contributed by atoms with van der Waals surface area (Å²) >= 11 is 0. The van der Waals surface area contributed by atoms with Crippen molar-refractivity contribution in [2.24, 2.45) is 5.92 Å². The highest BCUT2D eigenvalue weighted by Gasteiger charge is 2.19. The van der Waals surface area contributed by atoms with Crippen molar-refractivity contribution in [2.45, 2.75) is 32.1 Å². The quantitative estimate of drug-likeness (QED) is 0.570. The second-order valence-electron chi connectivity index (χ2n) is 7.71. The standard InChI is InChI=1S/C23H30N4/c1-2-8-19(9-3-1)10-6-7-15-27-16-13-20(14-17-27)18-24-23-25-21-11-4-5-12-22(21)26-23/h1-5,8-9,11-12,20H,6-7,10,13-18H2,(H2,24,25,26). The first kappa shape index (κ1) is 18.1. The van der Waals surface area contributed by atoms with Crippen LogP contribution in [0, 0.1) is 5.92 Å². The van der Waals surface area contributed by atoms with Crippen LogP contribution in [0.15, 0.2) is 54.6 Å². The van der Waals surface area contributed by atoms with E-state index in [9.17, 15) is 0 Å². The van der Waals surface area contributed by atoms with Crippen LogP contribution in [0.2, 0.25) is 0 Å². The second-order valence-corrected chi connectivity index (χ2v) is 7.71. The summed E-state index contributed by atoms with van der Waals surface area (Å²) in [4.78, 5) is 10.6. The number of piperidine rings is 1. The lowest BCUT2D eigenvalue weighted by Crippen LogP contribution is -2.36. The van der Waals surface area contributed by atoms with Crippen LogP contribution in [0.4, 0.5) is 5.95 Å². The molecule has 1 saturated heterocycles. The molecule has 1 aliphatic heterocycles. The van der Waals surface area contributed by atoms with Gasteiger partial charge in [-0.25, -0.2) is 4.98 Å². The fraction of sp³-hybridized carbons (Fsp3) is 0.435. The van der Waals surface area contributed by atoms with Crippen molar-refractivity contribution in [1.29, 1.82) is 0 Å². The summed E-state index contributed by atoms with van der Waals surface area (Å²) < 4.78 is 0. The van der Waals surface area contributed by atoms with E-state index in [0.29, 0.717) is 0 Å². The Morgan fingerprint density at radius 2 is 1.74 bits per heavy atom. The average molecular weight is 363 g/mol. The number of aromatic amines is 1. The number of para-hydroxylation sites is 2. The Balaban J connectivity index is 1.13. The normalized spacial score (nSPS) is 16.0. The third-order valence-corrected chi connectivity index (χ3v) is 5.69. The van der Waals surface area contributed by atoms with Gasteiger partial charge in [0.2, 0.25) is 5.95 Å². The Morgan fingerprint density at radius 1 is 0.963 bits per heavy atom. The highest BCUT2D eigenvalue weighted by Crippen LogP contribution is 2.19. The minimum atomic E-state index is 0.749. The van der Waals surface area contributed by atoms with Crippen LogP contribution in [0.1, 0.15) is 31.2 Å². The van der Waals surface area contributed by atoms with E-state index >= 15 is 0 Å².